The van der Waals surface area contributed by atoms with Gasteiger partial charge in [-0.05, 0) is 66.7 Å². The highest BCUT2D eigenvalue weighted by atomic mass is 35.5. The number of sulfone groups is 1. The Morgan fingerprint density at radius 3 is 1.17 bits per heavy atom. The maximum absolute atomic E-state index is 14.2. The maximum atomic E-state index is 14.2. The quantitative estimate of drug-likeness (QED) is 0.207. The lowest BCUT2D eigenvalue weighted by molar-refractivity contribution is 0.596. The van der Waals surface area contributed by atoms with Crippen molar-refractivity contribution in [2.24, 2.45) is 0 Å². The summed E-state index contributed by atoms with van der Waals surface area (Å²) in [5.74, 6) is 0. The van der Waals surface area contributed by atoms with Crippen LogP contribution in [0.4, 0.5) is 0 Å². The zero-order valence-electron chi connectivity index (χ0n) is 22.3. The monoisotopic (exact) mass is 582 g/mol. The molecule has 2 heterocycles. The minimum Gasteiger partial charge on any atom is -0.309 e. The fourth-order valence-electron chi connectivity index (χ4n) is 6.13. The lowest BCUT2D eigenvalue weighted by atomic mass is 10.2. The fraction of sp³-hybridized carbons (Fsp3) is 0. The zero-order valence-corrected chi connectivity index (χ0v) is 23.8. The molecule has 2 aromatic heterocycles. The van der Waals surface area contributed by atoms with Gasteiger partial charge in [-0.1, -0.05) is 84.4 Å². The van der Waals surface area contributed by atoms with Crippen LogP contribution in [0, 0.1) is 0 Å². The molecule has 8 aromatic rings. The topological polar surface area (TPSA) is 44.0 Å². The fourth-order valence-corrected chi connectivity index (χ4v) is 7.58. The van der Waals surface area contributed by atoms with Crippen LogP contribution in [0.2, 0.25) is 5.02 Å². The van der Waals surface area contributed by atoms with Gasteiger partial charge in [-0.15, -0.1) is 0 Å². The highest BCUT2D eigenvalue weighted by Gasteiger charge is 2.23. The molecule has 202 valence electrons. The molecule has 0 fully saturated rings. The number of hydrogen-bond donors (Lipinski definition) is 0. The second-order valence-corrected chi connectivity index (χ2v) is 12.8. The van der Waals surface area contributed by atoms with Crippen molar-refractivity contribution in [1.82, 2.24) is 9.13 Å². The smallest absolute Gasteiger partial charge is 0.206 e. The van der Waals surface area contributed by atoms with E-state index in [4.69, 9.17) is 11.6 Å². The second kappa shape index (κ2) is 9.35. The molecule has 0 aliphatic heterocycles. The third-order valence-electron chi connectivity index (χ3n) is 7.99. The summed E-state index contributed by atoms with van der Waals surface area (Å²) >= 11 is 6.11. The van der Waals surface area contributed by atoms with Crippen LogP contribution >= 0.6 is 11.6 Å². The molecule has 42 heavy (non-hydrogen) atoms. The Hall–Kier alpha value is -4.84. The molecule has 0 spiro atoms. The molecule has 4 nitrogen and oxygen atoms in total. The van der Waals surface area contributed by atoms with Crippen LogP contribution in [-0.4, -0.2) is 17.6 Å². The average Bonchev–Trinajstić information content (AvgIpc) is 3.54. The Morgan fingerprint density at radius 2 is 0.786 bits per heavy atom. The molecule has 0 saturated heterocycles. The number of halogens is 1. The number of aromatic nitrogens is 2. The van der Waals surface area contributed by atoms with Crippen molar-refractivity contribution >= 4 is 65.0 Å². The Kier molecular flexibility index (Phi) is 5.54. The highest BCUT2D eigenvalue weighted by molar-refractivity contribution is 7.91. The summed E-state index contributed by atoms with van der Waals surface area (Å²) in [5, 5.41) is 4.92. The Balaban J connectivity index is 1.50. The van der Waals surface area contributed by atoms with E-state index >= 15 is 0 Å². The molecule has 0 atom stereocenters. The molecule has 0 amide bonds. The molecule has 0 aliphatic carbocycles. The van der Waals surface area contributed by atoms with Crippen molar-refractivity contribution in [3.05, 3.63) is 145 Å². The number of para-hydroxylation sites is 4. The molecule has 8 rings (SSSR count). The summed E-state index contributed by atoms with van der Waals surface area (Å²) in [6, 6.07) is 44.9. The molecule has 0 saturated carbocycles. The van der Waals surface area contributed by atoms with E-state index in [9.17, 15) is 8.42 Å². The van der Waals surface area contributed by atoms with Crippen molar-refractivity contribution in [3.63, 3.8) is 0 Å². The molecule has 6 heteroatoms. The maximum Gasteiger partial charge on any atom is 0.206 e. The van der Waals surface area contributed by atoms with Crippen molar-refractivity contribution in [2.45, 2.75) is 9.79 Å². The lowest BCUT2D eigenvalue weighted by Gasteiger charge is -2.16. The van der Waals surface area contributed by atoms with Gasteiger partial charge in [-0.3, -0.25) is 0 Å². The predicted molar refractivity (Wildman–Crippen MR) is 172 cm³/mol. The molecular weight excluding hydrogens is 560 g/mol. The van der Waals surface area contributed by atoms with Gasteiger partial charge in [0.25, 0.3) is 0 Å². The SMILES string of the molecule is O=S(=O)(c1ccc(Cl)cc1)c1cc(-n2c3ccccc3c3ccccc32)cc(-n2c3ccccc3c3ccccc32)c1. The summed E-state index contributed by atoms with van der Waals surface area (Å²) in [6.45, 7) is 0. The standard InChI is InChI=1S/C36H23ClN2O2S/c37-24-17-19-27(20-18-24)42(40,41)28-22-25(38-33-13-5-1-9-29(33)30-10-2-6-14-34(30)38)21-26(23-28)39-35-15-7-3-11-31(35)32-12-4-8-16-36(32)39/h1-23H. The van der Waals surface area contributed by atoms with Crippen LogP contribution in [0.5, 0.6) is 0 Å². The highest BCUT2D eigenvalue weighted by Crippen LogP contribution is 2.37. The van der Waals surface area contributed by atoms with E-state index in [1.165, 1.54) is 0 Å². The largest absolute Gasteiger partial charge is 0.309 e. The van der Waals surface area contributed by atoms with E-state index in [1.54, 1.807) is 36.4 Å². The van der Waals surface area contributed by atoms with E-state index < -0.39 is 9.84 Å². The number of fused-ring (bicyclic) bond motifs is 6. The van der Waals surface area contributed by atoms with Gasteiger partial charge in [-0.25, -0.2) is 8.42 Å². The average molecular weight is 583 g/mol. The van der Waals surface area contributed by atoms with Crippen molar-refractivity contribution in [2.75, 3.05) is 0 Å². The minimum absolute atomic E-state index is 0.194. The van der Waals surface area contributed by atoms with Crippen LogP contribution < -0.4 is 0 Å². The van der Waals surface area contributed by atoms with Gasteiger partial charge >= 0.3 is 0 Å². The van der Waals surface area contributed by atoms with Gasteiger partial charge in [0.1, 0.15) is 0 Å². The number of rotatable bonds is 4. The molecular formula is C36H23ClN2O2S. The molecule has 0 unspecified atom stereocenters. The molecule has 6 aromatic carbocycles. The van der Waals surface area contributed by atoms with Gasteiger partial charge < -0.3 is 9.13 Å². The number of hydrogen-bond acceptors (Lipinski definition) is 2. The number of nitrogens with zero attached hydrogens (tertiary/aromatic N) is 2. The summed E-state index contributed by atoms with van der Waals surface area (Å²) in [7, 11) is -3.88. The van der Waals surface area contributed by atoms with Crippen LogP contribution in [0.15, 0.2) is 149 Å². The van der Waals surface area contributed by atoms with Crippen molar-refractivity contribution < 1.29 is 8.42 Å². The Morgan fingerprint density at radius 1 is 0.429 bits per heavy atom. The van der Waals surface area contributed by atoms with Crippen LogP contribution in [-0.2, 0) is 9.84 Å². The van der Waals surface area contributed by atoms with Crippen LogP contribution in [0.25, 0.3) is 55.0 Å². The first-order valence-electron chi connectivity index (χ1n) is 13.6. The van der Waals surface area contributed by atoms with E-state index in [0.29, 0.717) is 5.02 Å². The van der Waals surface area contributed by atoms with Crippen molar-refractivity contribution in [1.29, 1.82) is 0 Å². The van der Waals surface area contributed by atoms with Gasteiger partial charge in [0.05, 0.1) is 31.9 Å². The Bertz CT molecular complexity index is 2200. The molecule has 0 radical (unpaired) electrons. The molecule has 0 N–H and O–H groups in total. The van der Waals surface area contributed by atoms with E-state index in [1.807, 2.05) is 48.5 Å². The first-order valence-corrected chi connectivity index (χ1v) is 15.5. The van der Waals surface area contributed by atoms with Gasteiger partial charge in [0, 0.05) is 37.9 Å². The van der Waals surface area contributed by atoms with Crippen LogP contribution in [0.3, 0.4) is 0 Å². The van der Waals surface area contributed by atoms with Crippen molar-refractivity contribution in [3.8, 4) is 11.4 Å². The zero-order chi connectivity index (χ0) is 28.4. The normalized spacial score (nSPS) is 12.1. The lowest BCUT2D eigenvalue weighted by Crippen LogP contribution is -2.06. The van der Waals surface area contributed by atoms with E-state index in [0.717, 1.165) is 55.0 Å². The van der Waals surface area contributed by atoms with E-state index in [-0.39, 0.29) is 9.79 Å². The van der Waals surface area contributed by atoms with Gasteiger partial charge in [0.15, 0.2) is 0 Å². The summed E-state index contributed by atoms with van der Waals surface area (Å²) < 4.78 is 32.7. The summed E-state index contributed by atoms with van der Waals surface area (Å²) in [5.41, 5.74) is 5.56. The Labute approximate surface area is 247 Å². The first-order chi connectivity index (χ1) is 20.5. The first kappa shape index (κ1) is 24.9. The third-order valence-corrected chi connectivity index (χ3v) is 9.99. The minimum atomic E-state index is -3.88. The van der Waals surface area contributed by atoms with Crippen LogP contribution in [0.1, 0.15) is 0 Å². The molecule has 0 bridgehead atoms. The van der Waals surface area contributed by atoms with Gasteiger partial charge in [0.2, 0.25) is 9.84 Å². The molecule has 0 aliphatic rings. The predicted octanol–water partition coefficient (Wildman–Crippen LogP) is 9.37. The second-order valence-electron chi connectivity index (χ2n) is 10.4. The summed E-state index contributed by atoms with van der Waals surface area (Å²) in [4.78, 5) is 0.403. The summed E-state index contributed by atoms with van der Waals surface area (Å²) in [6.07, 6.45) is 0. The number of benzene rings is 6. The van der Waals surface area contributed by atoms with Gasteiger partial charge in [-0.2, -0.15) is 0 Å². The third kappa shape index (κ3) is 3.71. The van der Waals surface area contributed by atoms with E-state index in [2.05, 4.69) is 63.7 Å².